The van der Waals surface area contributed by atoms with Crippen LogP contribution in [0.3, 0.4) is 0 Å². The SMILES string of the molecule is C=CC(=O)Nc1cc2c(Nc3ccc(F)c(Cl)c3)ncnc2cc1OCCCN1CCC(N2CCN(C(=O)CNc3cccc4c3CN(C3CCC(=O)NC3=O)C4=O)CC2)CC1. The predicted molar refractivity (Wildman–Crippen MR) is 232 cm³/mol. The summed E-state index contributed by atoms with van der Waals surface area (Å²) >= 11 is 5.98. The minimum absolute atomic E-state index is 0.00724. The number of nitrogens with zero attached hydrogens (tertiary/aromatic N) is 6. The lowest BCUT2D eigenvalue weighted by atomic mass is 10.0. The van der Waals surface area contributed by atoms with E-state index in [1.807, 2.05) is 11.0 Å². The fraction of sp³-hybridized carbons (Fsp3) is 0.386. The highest BCUT2D eigenvalue weighted by Gasteiger charge is 2.40. The summed E-state index contributed by atoms with van der Waals surface area (Å²) in [7, 11) is 0. The Kier molecular flexibility index (Phi) is 12.9. The summed E-state index contributed by atoms with van der Waals surface area (Å²) < 4.78 is 20.0. The maximum atomic E-state index is 13.7. The summed E-state index contributed by atoms with van der Waals surface area (Å²) in [5, 5.41) is 12.1. The highest BCUT2D eigenvalue weighted by atomic mass is 35.5. The Labute approximate surface area is 362 Å². The van der Waals surface area contributed by atoms with Crippen LogP contribution >= 0.6 is 11.6 Å². The van der Waals surface area contributed by atoms with E-state index in [0.29, 0.717) is 77.3 Å². The van der Waals surface area contributed by atoms with Gasteiger partial charge in [-0.3, -0.25) is 34.2 Å². The Hall–Kier alpha value is -6.17. The Morgan fingerprint density at radius 1 is 0.984 bits per heavy atom. The fourth-order valence-electron chi connectivity index (χ4n) is 8.64. The third-order valence-electron chi connectivity index (χ3n) is 12.0. The number of ether oxygens (including phenoxy) is 1. The number of rotatable bonds is 14. The number of piperidine rings is 2. The van der Waals surface area contributed by atoms with Crippen LogP contribution in [-0.2, 0) is 25.7 Å². The summed E-state index contributed by atoms with van der Waals surface area (Å²) in [6, 6.07) is 12.9. The smallest absolute Gasteiger partial charge is 0.255 e. The summed E-state index contributed by atoms with van der Waals surface area (Å²) in [6.45, 7) is 9.99. The van der Waals surface area contributed by atoms with Gasteiger partial charge in [-0.1, -0.05) is 24.2 Å². The van der Waals surface area contributed by atoms with Gasteiger partial charge >= 0.3 is 0 Å². The highest BCUT2D eigenvalue weighted by molar-refractivity contribution is 6.31. The summed E-state index contributed by atoms with van der Waals surface area (Å²) in [5.41, 5.74) is 3.51. The Morgan fingerprint density at radius 2 is 1.79 bits per heavy atom. The third kappa shape index (κ3) is 9.49. The van der Waals surface area contributed by atoms with E-state index >= 15 is 0 Å². The maximum Gasteiger partial charge on any atom is 0.255 e. The first kappa shape index (κ1) is 42.5. The van der Waals surface area contributed by atoms with Gasteiger partial charge in [-0.25, -0.2) is 14.4 Å². The molecule has 0 radical (unpaired) electrons. The minimum Gasteiger partial charge on any atom is -0.491 e. The number of aromatic nitrogens is 2. The molecule has 4 aliphatic rings. The van der Waals surface area contributed by atoms with Crippen LogP contribution in [0.5, 0.6) is 5.75 Å². The molecule has 0 saturated carbocycles. The van der Waals surface area contributed by atoms with Crippen molar-refractivity contribution in [3.8, 4) is 5.75 Å². The fourth-order valence-corrected chi connectivity index (χ4v) is 8.82. The van der Waals surface area contributed by atoms with E-state index in [0.717, 1.165) is 57.5 Å². The Morgan fingerprint density at radius 3 is 2.55 bits per heavy atom. The van der Waals surface area contributed by atoms with E-state index in [9.17, 15) is 28.4 Å². The van der Waals surface area contributed by atoms with E-state index < -0.39 is 23.7 Å². The third-order valence-corrected chi connectivity index (χ3v) is 12.3. The largest absolute Gasteiger partial charge is 0.491 e. The second-order valence-corrected chi connectivity index (χ2v) is 16.2. The molecule has 18 heteroatoms. The van der Waals surface area contributed by atoms with Crippen molar-refractivity contribution in [3.05, 3.63) is 89.5 Å². The molecule has 4 N–H and O–H groups in total. The first-order chi connectivity index (χ1) is 30.0. The molecule has 62 heavy (non-hydrogen) atoms. The zero-order valence-corrected chi connectivity index (χ0v) is 34.9. The lowest BCUT2D eigenvalue weighted by molar-refractivity contribution is -0.137. The lowest BCUT2D eigenvalue weighted by Gasteiger charge is -2.42. The molecule has 8 rings (SSSR count). The molecule has 1 aromatic heterocycles. The molecule has 5 heterocycles. The van der Waals surface area contributed by atoms with E-state index in [-0.39, 0.29) is 42.3 Å². The number of nitrogens with one attached hydrogen (secondary N) is 4. The number of hydrogen-bond donors (Lipinski definition) is 4. The molecular formula is C44H48ClFN10O6. The van der Waals surface area contributed by atoms with Crippen molar-refractivity contribution in [2.45, 2.75) is 50.7 Å². The first-order valence-corrected chi connectivity index (χ1v) is 21.2. The Balaban J connectivity index is 0.774. The lowest BCUT2D eigenvalue weighted by Crippen LogP contribution is -2.55. The van der Waals surface area contributed by atoms with Crippen molar-refractivity contribution in [3.63, 3.8) is 0 Å². The average molecular weight is 867 g/mol. The Bertz CT molecular complexity index is 2400. The molecule has 3 saturated heterocycles. The minimum atomic E-state index is -0.698. The van der Waals surface area contributed by atoms with Crippen molar-refractivity contribution in [1.29, 1.82) is 0 Å². The summed E-state index contributed by atoms with van der Waals surface area (Å²) in [5.74, 6) is -1.06. The monoisotopic (exact) mass is 866 g/mol. The highest BCUT2D eigenvalue weighted by Crippen LogP contribution is 2.35. The number of likely N-dealkylation sites (tertiary alicyclic amines) is 1. The molecule has 0 bridgehead atoms. The van der Waals surface area contributed by atoms with Gasteiger partial charge in [-0.05, 0) is 81.2 Å². The molecule has 324 valence electrons. The number of anilines is 4. The number of benzene rings is 3. The first-order valence-electron chi connectivity index (χ1n) is 20.9. The molecular weight excluding hydrogens is 819 g/mol. The van der Waals surface area contributed by atoms with Crippen LogP contribution in [-0.4, -0.2) is 130 Å². The van der Waals surface area contributed by atoms with Crippen LogP contribution in [0.15, 0.2) is 67.5 Å². The number of piperazine rings is 1. The van der Waals surface area contributed by atoms with Gasteiger partial charge in [0.15, 0.2) is 0 Å². The molecule has 4 aliphatic heterocycles. The van der Waals surface area contributed by atoms with Crippen molar-refractivity contribution in [2.75, 3.05) is 74.9 Å². The second-order valence-electron chi connectivity index (χ2n) is 15.8. The van der Waals surface area contributed by atoms with Crippen LogP contribution in [0, 0.1) is 5.82 Å². The van der Waals surface area contributed by atoms with E-state index in [1.165, 1.54) is 29.4 Å². The zero-order valence-electron chi connectivity index (χ0n) is 34.1. The molecule has 0 aliphatic carbocycles. The van der Waals surface area contributed by atoms with Gasteiger partial charge in [0.25, 0.3) is 5.91 Å². The summed E-state index contributed by atoms with van der Waals surface area (Å²) in [4.78, 5) is 80.1. The van der Waals surface area contributed by atoms with Crippen molar-refractivity contribution in [1.82, 2.24) is 34.9 Å². The van der Waals surface area contributed by atoms with Gasteiger partial charge in [0.05, 0.1) is 29.4 Å². The van der Waals surface area contributed by atoms with E-state index in [1.54, 1.807) is 30.3 Å². The molecule has 1 unspecified atom stereocenters. The van der Waals surface area contributed by atoms with Crippen LogP contribution in [0.4, 0.5) is 27.3 Å². The molecule has 3 aromatic carbocycles. The van der Waals surface area contributed by atoms with Gasteiger partial charge in [0.2, 0.25) is 23.6 Å². The molecule has 3 fully saturated rings. The van der Waals surface area contributed by atoms with Crippen LogP contribution < -0.4 is 26.0 Å². The van der Waals surface area contributed by atoms with Gasteiger partial charge in [0.1, 0.15) is 29.8 Å². The van der Waals surface area contributed by atoms with Gasteiger partial charge < -0.3 is 35.4 Å². The van der Waals surface area contributed by atoms with E-state index in [4.69, 9.17) is 16.3 Å². The molecule has 4 aromatic rings. The van der Waals surface area contributed by atoms with Gasteiger partial charge in [-0.2, -0.15) is 0 Å². The second kappa shape index (κ2) is 18.8. The molecule has 1 atom stereocenters. The van der Waals surface area contributed by atoms with Gasteiger partial charge in [0, 0.05) is 85.7 Å². The number of carbonyl (C=O) groups excluding carboxylic acids is 5. The number of hydrogen-bond acceptors (Lipinski definition) is 12. The normalized spacial score (nSPS) is 18.7. The predicted octanol–water partition coefficient (Wildman–Crippen LogP) is 4.54. The standard InChI is InChI=1S/C44H48ClFN10O6/c1-2-39(57)51-36-22-30-35(48-26-49-42(30)50-27-7-8-33(46)32(45)21-27)23-38(36)62-20-4-13-53-14-11-28(12-15-53)54-16-18-55(19-17-54)41(59)24-47-34-6-3-5-29-31(34)25-56(44(29)61)37-9-10-40(58)52-43(37)60/h2-3,5-8,21-23,26,28,37,47H,1,4,9-20,24-25H2,(H,51,57)(H,48,49,50)(H,52,58,60). The molecule has 0 spiro atoms. The maximum absolute atomic E-state index is 13.7. The number of amides is 5. The van der Waals surface area contributed by atoms with Crippen LogP contribution in [0.1, 0.15) is 48.0 Å². The van der Waals surface area contributed by atoms with Crippen LogP contribution in [0.2, 0.25) is 5.02 Å². The van der Waals surface area contributed by atoms with Gasteiger partial charge in [-0.15, -0.1) is 0 Å². The summed E-state index contributed by atoms with van der Waals surface area (Å²) in [6.07, 6.45) is 5.91. The number of imide groups is 1. The van der Waals surface area contributed by atoms with Crippen molar-refractivity contribution in [2.24, 2.45) is 0 Å². The van der Waals surface area contributed by atoms with Crippen LogP contribution in [0.25, 0.3) is 10.9 Å². The average Bonchev–Trinajstić information content (AvgIpc) is 3.62. The zero-order chi connectivity index (χ0) is 43.3. The van der Waals surface area contributed by atoms with E-state index in [2.05, 4.69) is 47.6 Å². The van der Waals surface area contributed by atoms with Crippen molar-refractivity contribution >= 4 is 74.9 Å². The molecule has 16 nitrogen and oxygen atoms in total. The number of halogens is 2. The number of fused-ring (bicyclic) bond motifs is 2. The quantitative estimate of drug-likeness (QED) is 0.0791. The molecule has 5 amide bonds. The van der Waals surface area contributed by atoms with Crippen molar-refractivity contribution < 1.29 is 33.1 Å². The number of carbonyl (C=O) groups is 5. The topological polar surface area (TPSA) is 181 Å².